The summed E-state index contributed by atoms with van der Waals surface area (Å²) >= 11 is 0. The number of nitrogens with zero attached hydrogens (tertiary/aromatic N) is 2. The molecule has 0 spiro atoms. The molecule has 2 aromatic rings. The van der Waals surface area contributed by atoms with E-state index in [1.807, 2.05) is 30.0 Å². The predicted octanol–water partition coefficient (Wildman–Crippen LogP) is 3.23. The molecule has 4 rings (SSSR count). The Bertz CT molecular complexity index is 888. The summed E-state index contributed by atoms with van der Waals surface area (Å²) in [5.41, 5.74) is 2.37. The number of carbonyl (C=O) groups excluding carboxylic acids is 1. The summed E-state index contributed by atoms with van der Waals surface area (Å²) in [6, 6.07) is 5.35. The first-order valence-corrected chi connectivity index (χ1v) is 10.4. The average Bonchev–Trinajstić information content (AvgIpc) is 3.36. The Morgan fingerprint density at radius 1 is 1.25 bits per heavy atom. The lowest BCUT2D eigenvalue weighted by Crippen LogP contribution is -2.56. The zero-order valence-corrected chi connectivity index (χ0v) is 16.8. The normalized spacial score (nSPS) is 21.1. The Hall–Kier alpha value is -2.28. The number of urea groups is 1. The van der Waals surface area contributed by atoms with Crippen LogP contribution in [0.3, 0.4) is 0 Å². The van der Waals surface area contributed by atoms with Crippen LogP contribution in [-0.2, 0) is 0 Å². The SMILES string of the molecule is CCC1(N2CCCC2)CCN(C(=O)NC(C)c2ccc3[nH]c(=O)oc3c2)CC1. The number of amides is 2. The number of aromatic amines is 1. The summed E-state index contributed by atoms with van der Waals surface area (Å²) in [5, 5.41) is 3.10. The minimum absolute atomic E-state index is 0.0192. The van der Waals surface area contributed by atoms with Crippen LogP contribution in [-0.4, -0.2) is 52.5 Å². The molecule has 2 aliphatic heterocycles. The van der Waals surface area contributed by atoms with E-state index in [1.165, 1.54) is 25.9 Å². The molecule has 0 aliphatic carbocycles. The monoisotopic (exact) mass is 386 g/mol. The number of benzene rings is 1. The van der Waals surface area contributed by atoms with Crippen molar-refractivity contribution in [2.45, 2.75) is 57.5 Å². The number of oxazole rings is 1. The van der Waals surface area contributed by atoms with Crippen LogP contribution in [0.2, 0.25) is 0 Å². The molecule has 0 radical (unpaired) electrons. The summed E-state index contributed by atoms with van der Waals surface area (Å²) in [7, 11) is 0. The maximum Gasteiger partial charge on any atom is 0.417 e. The first kappa shape index (κ1) is 19.1. The van der Waals surface area contributed by atoms with Crippen molar-refractivity contribution in [3.8, 4) is 0 Å². The smallest absolute Gasteiger partial charge is 0.408 e. The van der Waals surface area contributed by atoms with E-state index in [4.69, 9.17) is 4.42 Å². The highest BCUT2D eigenvalue weighted by Gasteiger charge is 2.40. The Kier molecular flexibility index (Phi) is 5.19. The van der Waals surface area contributed by atoms with Crippen LogP contribution in [0.5, 0.6) is 0 Å². The first-order chi connectivity index (χ1) is 13.5. The number of fused-ring (bicyclic) bond motifs is 1. The Morgan fingerprint density at radius 2 is 1.96 bits per heavy atom. The van der Waals surface area contributed by atoms with Crippen molar-refractivity contribution in [2.24, 2.45) is 0 Å². The molecule has 2 N–H and O–H groups in total. The van der Waals surface area contributed by atoms with Crippen molar-refractivity contribution in [1.82, 2.24) is 20.1 Å². The van der Waals surface area contributed by atoms with E-state index in [1.54, 1.807) is 0 Å². The largest absolute Gasteiger partial charge is 0.417 e. The second-order valence-corrected chi connectivity index (χ2v) is 8.20. The minimum atomic E-state index is -0.463. The van der Waals surface area contributed by atoms with E-state index < -0.39 is 5.76 Å². The number of likely N-dealkylation sites (tertiary alicyclic amines) is 2. The lowest BCUT2D eigenvalue weighted by molar-refractivity contribution is 0.0443. The third-order valence-electron chi connectivity index (χ3n) is 6.70. The van der Waals surface area contributed by atoms with E-state index in [-0.39, 0.29) is 17.6 Å². The molecule has 3 heterocycles. The number of aromatic nitrogens is 1. The summed E-state index contributed by atoms with van der Waals surface area (Å²) in [5.74, 6) is -0.463. The Balaban J connectivity index is 1.37. The van der Waals surface area contributed by atoms with Gasteiger partial charge in [0.2, 0.25) is 0 Å². The van der Waals surface area contributed by atoms with Gasteiger partial charge in [-0.15, -0.1) is 0 Å². The summed E-state index contributed by atoms with van der Waals surface area (Å²) in [4.78, 5) is 31.3. The summed E-state index contributed by atoms with van der Waals surface area (Å²) < 4.78 is 5.13. The molecule has 0 bridgehead atoms. The zero-order chi connectivity index (χ0) is 19.7. The molecule has 1 aromatic heterocycles. The molecule has 2 saturated heterocycles. The van der Waals surface area contributed by atoms with Gasteiger partial charge in [0.1, 0.15) is 0 Å². The lowest BCUT2D eigenvalue weighted by atomic mass is 9.83. The van der Waals surface area contributed by atoms with E-state index in [9.17, 15) is 9.59 Å². The van der Waals surface area contributed by atoms with Crippen molar-refractivity contribution in [1.29, 1.82) is 0 Å². The fourth-order valence-electron chi connectivity index (χ4n) is 4.80. The average molecular weight is 386 g/mol. The van der Waals surface area contributed by atoms with Gasteiger partial charge < -0.3 is 14.6 Å². The molecule has 2 aliphatic rings. The number of H-pyrrole nitrogens is 1. The highest BCUT2D eigenvalue weighted by atomic mass is 16.4. The fourth-order valence-corrected chi connectivity index (χ4v) is 4.80. The van der Waals surface area contributed by atoms with Crippen LogP contribution in [0.25, 0.3) is 11.1 Å². The highest BCUT2D eigenvalue weighted by Crippen LogP contribution is 2.34. The number of rotatable bonds is 4. The molecule has 1 aromatic carbocycles. The van der Waals surface area contributed by atoms with Gasteiger partial charge in [0.05, 0.1) is 11.6 Å². The van der Waals surface area contributed by atoms with Crippen molar-refractivity contribution in [2.75, 3.05) is 26.2 Å². The van der Waals surface area contributed by atoms with Crippen LogP contribution >= 0.6 is 0 Å². The van der Waals surface area contributed by atoms with Crippen LogP contribution in [0.15, 0.2) is 27.4 Å². The first-order valence-electron chi connectivity index (χ1n) is 10.4. The number of hydrogen-bond donors (Lipinski definition) is 2. The van der Waals surface area contributed by atoms with Crippen LogP contribution in [0.4, 0.5) is 4.79 Å². The topological polar surface area (TPSA) is 81.6 Å². The molecule has 28 heavy (non-hydrogen) atoms. The van der Waals surface area contributed by atoms with Gasteiger partial charge in [-0.2, -0.15) is 0 Å². The van der Waals surface area contributed by atoms with Gasteiger partial charge in [-0.05, 0) is 69.8 Å². The second kappa shape index (κ2) is 7.62. The molecule has 7 heteroatoms. The minimum Gasteiger partial charge on any atom is -0.408 e. The van der Waals surface area contributed by atoms with Crippen molar-refractivity contribution < 1.29 is 9.21 Å². The maximum absolute atomic E-state index is 12.8. The maximum atomic E-state index is 12.8. The van der Waals surface area contributed by atoms with Gasteiger partial charge in [0.15, 0.2) is 5.58 Å². The second-order valence-electron chi connectivity index (χ2n) is 8.20. The van der Waals surface area contributed by atoms with Crippen molar-refractivity contribution in [3.63, 3.8) is 0 Å². The third-order valence-corrected chi connectivity index (χ3v) is 6.70. The van der Waals surface area contributed by atoms with Gasteiger partial charge >= 0.3 is 11.8 Å². The molecule has 152 valence electrons. The van der Waals surface area contributed by atoms with Crippen LogP contribution in [0.1, 0.15) is 57.6 Å². The predicted molar refractivity (Wildman–Crippen MR) is 108 cm³/mol. The van der Waals surface area contributed by atoms with Gasteiger partial charge in [0, 0.05) is 18.6 Å². The Labute approximate surface area is 165 Å². The van der Waals surface area contributed by atoms with Crippen LogP contribution < -0.4 is 11.1 Å². The van der Waals surface area contributed by atoms with Crippen molar-refractivity contribution >= 4 is 17.1 Å². The van der Waals surface area contributed by atoms with Crippen LogP contribution in [0, 0.1) is 0 Å². The van der Waals surface area contributed by atoms with E-state index in [0.29, 0.717) is 11.1 Å². The number of hydrogen-bond acceptors (Lipinski definition) is 4. The molecule has 1 unspecified atom stereocenters. The summed E-state index contributed by atoms with van der Waals surface area (Å²) in [6.45, 7) is 8.24. The summed E-state index contributed by atoms with van der Waals surface area (Å²) in [6.07, 6.45) is 5.85. The molecule has 1 atom stereocenters. The third kappa shape index (κ3) is 3.55. The van der Waals surface area contributed by atoms with Crippen molar-refractivity contribution in [3.05, 3.63) is 34.3 Å². The van der Waals surface area contributed by atoms with E-state index in [2.05, 4.69) is 22.1 Å². The Morgan fingerprint density at radius 3 is 2.64 bits per heavy atom. The van der Waals surface area contributed by atoms with Gasteiger partial charge in [-0.25, -0.2) is 9.59 Å². The lowest BCUT2D eigenvalue weighted by Gasteiger charge is -2.47. The molecular weight excluding hydrogens is 356 g/mol. The highest BCUT2D eigenvalue weighted by molar-refractivity contribution is 5.76. The number of nitrogens with one attached hydrogen (secondary N) is 2. The van der Waals surface area contributed by atoms with E-state index in [0.717, 1.165) is 37.9 Å². The van der Waals surface area contributed by atoms with Gasteiger partial charge in [-0.1, -0.05) is 13.0 Å². The molecular formula is C21H30N4O3. The molecule has 0 saturated carbocycles. The van der Waals surface area contributed by atoms with Gasteiger partial charge in [-0.3, -0.25) is 9.88 Å². The standard InChI is InChI=1S/C21H30N4O3/c1-3-21(25-10-4-5-11-25)8-12-24(13-9-21)19(26)22-15(2)16-6-7-17-18(14-16)28-20(27)23-17/h6-7,14-15H,3-5,8-13H2,1-2H3,(H,22,26)(H,23,27). The number of carbonyl (C=O) groups is 1. The van der Waals surface area contributed by atoms with E-state index >= 15 is 0 Å². The zero-order valence-electron chi connectivity index (χ0n) is 16.8. The van der Waals surface area contributed by atoms with Gasteiger partial charge in [0.25, 0.3) is 0 Å². The molecule has 7 nitrogen and oxygen atoms in total. The molecule has 2 fully saturated rings. The molecule has 2 amide bonds. The fraction of sp³-hybridized carbons (Fsp3) is 0.619. The number of piperidine rings is 1. The quantitative estimate of drug-likeness (QED) is 0.845.